The fourth-order valence-electron chi connectivity index (χ4n) is 21.3. The first-order valence-corrected chi connectivity index (χ1v) is 43.7. The Morgan fingerprint density at radius 2 is 0.651 bits per heavy atom. The number of aromatic nitrogens is 4. The van der Waals surface area contributed by atoms with Crippen molar-refractivity contribution >= 4 is 193 Å². The second kappa shape index (κ2) is 27.8. The summed E-state index contributed by atoms with van der Waals surface area (Å²) in [5.41, 5.74) is 29.6. The zero-order valence-electron chi connectivity index (χ0n) is 70.7. The van der Waals surface area contributed by atoms with Crippen molar-refractivity contribution in [2.45, 2.75) is 58.9 Å². The summed E-state index contributed by atoms with van der Waals surface area (Å²) >= 11 is 0. The van der Waals surface area contributed by atoms with Gasteiger partial charge in [-0.05, 0) is 234 Å². The molecule has 0 aliphatic heterocycles. The van der Waals surface area contributed by atoms with Gasteiger partial charge in [0.15, 0.2) is 11.2 Å². The largest absolute Gasteiger partial charge is 0.454 e. The van der Waals surface area contributed by atoms with E-state index in [2.05, 4.69) is 463 Å². The normalized spacial score (nSPS) is 13.8. The molecule has 18 aromatic carbocycles. The summed E-state index contributed by atoms with van der Waals surface area (Å²) in [6.45, 7) is 13.6. The molecular weight excluding hydrogens is 1540 g/mol. The second-order valence-corrected chi connectivity index (χ2v) is 35.5. The van der Waals surface area contributed by atoms with Crippen LogP contribution in [0.15, 0.2) is 397 Å². The van der Waals surface area contributed by atoms with Crippen LogP contribution in [0.2, 0.25) is 0 Å². The summed E-state index contributed by atoms with van der Waals surface area (Å²) in [4.78, 5) is 7.38. The molecule has 0 spiro atoms. The highest BCUT2D eigenvalue weighted by atomic mass is 16.3. The van der Waals surface area contributed by atoms with Crippen molar-refractivity contribution in [1.82, 2.24) is 18.3 Å². The molecule has 6 aromatic heterocycles. The summed E-state index contributed by atoms with van der Waals surface area (Å²) in [6, 6.07) is 141. The Morgan fingerprint density at radius 3 is 1.12 bits per heavy atom. The molecule has 126 heavy (non-hydrogen) atoms. The highest BCUT2D eigenvalue weighted by Crippen LogP contribution is 2.53. The van der Waals surface area contributed by atoms with Crippen LogP contribution in [0.25, 0.3) is 171 Å². The number of anilines is 8. The third kappa shape index (κ3) is 11.1. The molecule has 1 aliphatic carbocycles. The Hall–Kier alpha value is -15.8. The minimum absolute atomic E-state index is 0.0679. The molecule has 9 nitrogen and oxygen atoms in total. The van der Waals surface area contributed by atoms with E-state index in [1.807, 2.05) is 6.07 Å². The van der Waals surface area contributed by atoms with E-state index in [4.69, 9.17) is 8.83 Å². The number of rotatable bonds is 13. The van der Waals surface area contributed by atoms with Crippen LogP contribution in [-0.2, 0) is 11.8 Å². The van der Waals surface area contributed by atoms with Crippen LogP contribution in [0.1, 0.15) is 55.6 Å². The molecule has 0 bridgehead atoms. The standard InChI is InChI=1S/C117H85N7O2/c1-73-27-23-37-81(67-73)119(102-43-25-41-92-86-39-19-21-45-108(86)125-114(92)102)84-53-56-96-106(71-84)122(78-33-15-9-16-34-78)100-62-58-88-89(111(96)100)57-61-98-110(88)94-54-51-82(69-104(94)120(98)76-29-11-7-12-30-76)118(80-49-47-75(48-50-80)116(3,4)5)83-52-55-95-105(70-83)121(77-31-13-8-14-32-77)99-63-59-91-90(112(95)99)60-64-101-113(91)97-65-66-117(6,72-107(97)123(101)79-35-17-10-18-36-79)124(85-38-24-28-74(2)68-85)103-44-26-42-93-87-40-20-22-46-109(87)126-115(93)103/h7-71H,72H2,1-6H3. The molecule has 0 saturated carbocycles. The molecule has 0 fully saturated rings. The van der Waals surface area contributed by atoms with Crippen molar-refractivity contribution in [2.75, 3.05) is 14.7 Å². The first kappa shape index (κ1) is 72.9. The number of para-hydroxylation sites is 8. The lowest BCUT2D eigenvalue weighted by Crippen LogP contribution is -2.45. The molecule has 25 rings (SSSR count). The summed E-state index contributed by atoms with van der Waals surface area (Å²) < 4.78 is 23.7. The lowest BCUT2D eigenvalue weighted by molar-refractivity contribution is 0.545. The van der Waals surface area contributed by atoms with E-state index < -0.39 is 5.54 Å². The van der Waals surface area contributed by atoms with Crippen molar-refractivity contribution in [3.8, 4) is 22.7 Å². The van der Waals surface area contributed by atoms with Gasteiger partial charge in [-0.1, -0.05) is 245 Å². The van der Waals surface area contributed by atoms with Crippen LogP contribution in [0.5, 0.6) is 0 Å². The zero-order chi connectivity index (χ0) is 84.0. The molecule has 6 heterocycles. The highest BCUT2D eigenvalue weighted by molar-refractivity contribution is 6.31. The SMILES string of the molecule is Cc1cccc(N(c2ccc3c4c5ccc6c(c5ccc4n(-c4ccccc4)c3c2)c2ccc(N(c3ccc(C(C)(C)C)cc3)c3ccc4c5c7ccc8c(c9c(n8-c8ccccc8)CC(C)(N(c8cccc(C)c8)c8cccc%10c8oc8ccccc8%10)C=C9)c7ccc5n(-c5ccccc5)c4c3)cc2n6-c2ccccc2)c2cccc3c2oc2ccccc23)c1. The first-order chi connectivity index (χ1) is 61.8. The van der Waals surface area contributed by atoms with Crippen molar-refractivity contribution in [2.24, 2.45) is 0 Å². The van der Waals surface area contributed by atoms with Crippen LogP contribution < -0.4 is 14.7 Å². The highest BCUT2D eigenvalue weighted by Gasteiger charge is 2.39. The molecule has 1 aliphatic rings. The van der Waals surface area contributed by atoms with Gasteiger partial charge in [0.2, 0.25) is 0 Å². The predicted octanol–water partition coefficient (Wildman–Crippen LogP) is 32.0. The zero-order valence-corrected chi connectivity index (χ0v) is 70.7. The number of aryl methyl sites for hydroxylation is 2. The van der Waals surface area contributed by atoms with Crippen LogP contribution in [0.3, 0.4) is 0 Å². The molecule has 0 saturated heterocycles. The molecule has 9 heteroatoms. The van der Waals surface area contributed by atoms with Crippen LogP contribution in [0.4, 0.5) is 45.5 Å². The molecular formula is C117H85N7O2. The van der Waals surface area contributed by atoms with Crippen LogP contribution >= 0.6 is 0 Å². The van der Waals surface area contributed by atoms with E-state index in [-0.39, 0.29) is 5.41 Å². The van der Waals surface area contributed by atoms with Crippen molar-refractivity contribution < 1.29 is 8.83 Å². The van der Waals surface area contributed by atoms with E-state index in [0.29, 0.717) is 6.42 Å². The van der Waals surface area contributed by atoms with Gasteiger partial charge in [-0.3, -0.25) is 0 Å². The van der Waals surface area contributed by atoms with Gasteiger partial charge < -0.3 is 41.8 Å². The molecule has 0 amide bonds. The predicted molar refractivity (Wildman–Crippen MR) is 530 cm³/mol. The maximum absolute atomic E-state index is 6.91. The Kier molecular flexibility index (Phi) is 16.1. The molecule has 1 unspecified atom stereocenters. The maximum Gasteiger partial charge on any atom is 0.159 e. The minimum atomic E-state index is -0.556. The van der Waals surface area contributed by atoms with Gasteiger partial charge in [0.25, 0.3) is 0 Å². The van der Waals surface area contributed by atoms with Gasteiger partial charge in [-0.2, -0.15) is 0 Å². The van der Waals surface area contributed by atoms with Gasteiger partial charge >= 0.3 is 0 Å². The third-order valence-electron chi connectivity index (χ3n) is 26.8. The van der Waals surface area contributed by atoms with E-state index in [0.717, 1.165) is 145 Å². The Balaban J connectivity index is 0.674. The first-order valence-electron chi connectivity index (χ1n) is 43.7. The second-order valence-electron chi connectivity index (χ2n) is 35.5. The van der Waals surface area contributed by atoms with Gasteiger partial charge in [0.05, 0.1) is 55.5 Å². The number of nitrogens with zero attached hydrogens (tertiary/aromatic N) is 7. The monoisotopic (exact) mass is 1620 g/mol. The summed E-state index contributed by atoms with van der Waals surface area (Å²) in [5, 5.41) is 17.5. The smallest absolute Gasteiger partial charge is 0.159 e. The fraction of sp³-hybridized carbons (Fsp3) is 0.0769. The Bertz CT molecular complexity index is 8650. The fourth-order valence-corrected chi connectivity index (χ4v) is 21.3. The summed E-state index contributed by atoms with van der Waals surface area (Å²) in [7, 11) is 0. The molecule has 600 valence electrons. The summed E-state index contributed by atoms with van der Waals surface area (Å²) in [5.74, 6) is 0. The van der Waals surface area contributed by atoms with Gasteiger partial charge in [0, 0.05) is 134 Å². The average Bonchev–Trinajstić information content (AvgIpc) is 1.55. The third-order valence-corrected chi connectivity index (χ3v) is 26.8. The van der Waals surface area contributed by atoms with Crippen molar-refractivity contribution in [1.29, 1.82) is 0 Å². The Morgan fingerprint density at radius 1 is 0.286 bits per heavy atom. The number of benzene rings is 18. The molecule has 1 atom stereocenters. The molecule has 24 aromatic rings. The number of furan rings is 2. The van der Waals surface area contributed by atoms with E-state index in [1.165, 1.54) is 92.7 Å². The van der Waals surface area contributed by atoms with Crippen LogP contribution in [0, 0.1) is 13.8 Å². The lowest BCUT2D eigenvalue weighted by Gasteiger charge is -2.43. The quantitative estimate of drug-likeness (QED) is 0.115. The molecule has 0 radical (unpaired) electrons. The lowest BCUT2D eigenvalue weighted by atomic mass is 9.84. The maximum atomic E-state index is 6.91. The topological polar surface area (TPSA) is 55.7 Å². The van der Waals surface area contributed by atoms with Crippen molar-refractivity contribution in [3.05, 3.63) is 416 Å². The Labute approximate surface area is 728 Å². The van der Waals surface area contributed by atoms with E-state index >= 15 is 0 Å². The minimum Gasteiger partial charge on any atom is -0.454 e. The number of fused-ring (bicyclic) bond motifs is 24. The number of hydrogen-bond donors (Lipinski definition) is 0. The van der Waals surface area contributed by atoms with Gasteiger partial charge in [0.1, 0.15) is 11.2 Å². The van der Waals surface area contributed by atoms with E-state index in [1.54, 1.807) is 0 Å². The summed E-state index contributed by atoms with van der Waals surface area (Å²) in [6.07, 6.45) is 5.59. The van der Waals surface area contributed by atoms with Crippen molar-refractivity contribution in [3.63, 3.8) is 0 Å². The van der Waals surface area contributed by atoms with E-state index in [9.17, 15) is 0 Å². The van der Waals surface area contributed by atoms with Gasteiger partial charge in [-0.15, -0.1) is 0 Å². The average molecular weight is 1620 g/mol. The number of hydrogen-bond acceptors (Lipinski definition) is 5. The van der Waals surface area contributed by atoms with Gasteiger partial charge in [-0.25, -0.2) is 0 Å². The van der Waals surface area contributed by atoms with Crippen LogP contribution in [-0.4, -0.2) is 23.8 Å². The molecule has 0 N–H and O–H groups in total.